The largest absolute Gasteiger partial charge is 0.376 e. The highest BCUT2D eigenvalue weighted by Gasteiger charge is 2.31. The van der Waals surface area contributed by atoms with Gasteiger partial charge in [0.05, 0.1) is 23.2 Å². The SMILES string of the molecule is CC[C@@H]1OCC[C@H]1NC(=O)N1CCC(n2c(=O)[nH]c3ccccc32)CC1. The van der Waals surface area contributed by atoms with Crippen LogP contribution in [0.2, 0.25) is 0 Å². The number of piperidine rings is 1. The zero-order valence-electron chi connectivity index (χ0n) is 15.1. The van der Waals surface area contributed by atoms with Crippen molar-refractivity contribution in [3.8, 4) is 0 Å². The normalized spacial score (nSPS) is 24.3. The molecule has 0 spiro atoms. The zero-order valence-corrected chi connectivity index (χ0v) is 15.1. The average molecular weight is 358 g/mol. The van der Waals surface area contributed by atoms with E-state index in [0.29, 0.717) is 13.1 Å². The first-order valence-corrected chi connectivity index (χ1v) is 9.53. The predicted molar refractivity (Wildman–Crippen MR) is 99.4 cm³/mol. The molecule has 2 fully saturated rings. The standard InChI is InChI=1S/C19H26N4O3/c1-2-17-15(9-12-26-17)21-18(24)22-10-7-13(8-11-22)23-16-6-4-3-5-14(16)20-19(23)25/h3-6,13,15,17H,2,7-12H2,1H3,(H,20,25)(H,21,24)/t15-,17+/m1/s1. The van der Waals surface area contributed by atoms with Crippen LogP contribution in [-0.2, 0) is 4.74 Å². The second-order valence-electron chi connectivity index (χ2n) is 7.20. The Labute approximate surface area is 152 Å². The molecule has 2 saturated heterocycles. The smallest absolute Gasteiger partial charge is 0.326 e. The number of rotatable bonds is 3. The lowest BCUT2D eigenvalue weighted by Gasteiger charge is -2.33. The number of ether oxygens (including phenoxy) is 1. The van der Waals surface area contributed by atoms with Gasteiger partial charge in [-0.05, 0) is 37.8 Å². The Bertz CT molecular complexity index is 835. The number of carbonyl (C=O) groups excluding carboxylic acids is 1. The van der Waals surface area contributed by atoms with Crippen molar-refractivity contribution >= 4 is 17.1 Å². The molecule has 0 aliphatic carbocycles. The monoisotopic (exact) mass is 358 g/mol. The summed E-state index contributed by atoms with van der Waals surface area (Å²) < 4.78 is 7.50. The number of hydrogen-bond acceptors (Lipinski definition) is 3. The number of urea groups is 1. The van der Waals surface area contributed by atoms with Gasteiger partial charge in [0.2, 0.25) is 0 Å². The third kappa shape index (κ3) is 3.11. The van der Waals surface area contributed by atoms with E-state index in [2.05, 4.69) is 17.2 Å². The first-order valence-electron chi connectivity index (χ1n) is 9.53. The number of H-pyrrole nitrogens is 1. The highest BCUT2D eigenvalue weighted by molar-refractivity contribution is 5.76. The molecule has 0 unspecified atom stereocenters. The summed E-state index contributed by atoms with van der Waals surface area (Å²) in [5.74, 6) is 0. The number of hydrogen-bond donors (Lipinski definition) is 2. The van der Waals surface area contributed by atoms with E-state index in [1.54, 1.807) is 0 Å². The van der Waals surface area contributed by atoms with Gasteiger partial charge < -0.3 is 19.9 Å². The van der Waals surface area contributed by atoms with Crippen molar-refractivity contribution in [1.82, 2.24) is 19.8 Å². The summed E-state index contributed by atoms with van der Waals surface area (Å²) in [6.45, 7) is 4.12. The van der Waals surface area contributed by atoms with Gasteiger partial charge in [-0.3, -0.25) is 4.57 Å². The zero-order chi connectivity index (χ0) is 18.1. The highest BCUT2D eigenvalue weighted by Crippen LogP contribution is 2.25. The Kier molecular flexibility index (Phi) is 4.72. The molecule has 2 aromatic rings. The van der Waals surface area contributed by atoms with Crippen molar-refractivity contribution in [1.29, 1.82) is 0 Å². The first-order chi connectivity index (χ1) is 12.7. The highest BCUT2D eigenvalue weighted by atomic mass is 16.5. The van der Waals surface area contributed by atoms with Gasteiger partial charge in [-0.2, -0.15) is 0 Å². The molecule has 7 nitrogen and oxygen atoms in total. The molecule has 2 aliphatic heterocycles. The fourth-order valence-corrected chi connectivity index (χ4v) is 4.23. The lowest BCUT2D eigenvalue weighted by Crippen LogP contribution is -2.50. The van der Waals surface area contributed by atoms with Crippen molar-refractivity contribution in [2.75, 3.05) is 19.7 Å². The molecule has 7 heteroatoms. The first kappa shape index (κ1) is 17.1. The van der Waals surface area contributed by atoms with E-state index < -0.39 is 0 Å². The number of nitrogens with zero attached hydrogens (tertiary/aromatic N) is 2. The van der Waals surface area contributed by atoms with Gasteiger partial charge in [-0.1, -0.05) is 19.1 Å². The fraction of sp³-hybridized carbons (Fsp3) is 0.579. The van der Waals surface area contributed by atoms with Gasteiger partial charge in [-0.15, -0.1) is 0 Å². The molecule has 0 bridgehead atoms. The summed E-state index contributed by atoms with van der Waals surface area (Å²) in [5.41, 5.74) is 1.74. The summed E-state index contributed by atoms with van der Waals surface area (Å²) in [6, 6.07) is 7.99. The number of aromatic amines is 1. The maximum atomic E-state index is 12.6. The molecule has 140 valence electrons. The Morgan fingerprint density at radius 2 is 2.04 bits per heavy atom. The van der Waals surface area contributed by atoms with Crippen LogP contribution in [0.1, 0.15) is 38.6 Å². The van der Waals surface area contributed by atoms with Crippen molar-refractivity contribution in [3.05, 3.63) is 34.7 Å². The van der Waals surface area contributed by atoms with Crippen LogP contribution in [-0.4, -0.2) is 52.3 Å². The van der Waals surface area contributed by atoms with E-state index in [-0.39, 0.29) is 29.9 Å². The van der Waals surface area contributed by atoms with Gasteiger partial charge >= 0.3 is 11.7 Å². The van der Waals surface area contributed by atoms with Crippen LogP contribution >= 0.6 is 0 Å². The third-order valence-corrected chi connectivity index (χ3v) is 5.66. The average Bonchev–Trinajstić information content (AvgIpc) is 3.24. The maximum Gasteiger partial charge on any atom is 0.326 e. The molecule has 0 radical (unpaired) electrons. The van der Waals surface area contributed by atoms with Crippen molar-refractivity contribution in [2.24, 2.45) is 0 Å². The number of benzene rings is 1. The molecular formula is C19H26N4O3. The minimum Gasteiger partial charge on any atom is -0.376 e. The number of nitrogens with one attached hydrogen (secondary N) is 2. The molecule has 26 heavy (non-hydrogen) atoms. The Morgan fingerprint density at radius 1 is 1.27 bits per heavy atom. The van der Waals surface area contributed by atoms with Crippen LogP contribution in [0.15, 0.2) is 29.1 Å². The Hall–Kier alpha value is -2.28. The van der Waals surface area contributed by atoms with Crippen molar-refractivity contribution in [3.63, 3.8) is 0 Å². The second kappa shape index (κ2) is 7.15. The summed E-state index contributed by atoms with van der Waals surface area (Å²) in [6.07, 6.45) is 3.49. The van der Waals surface area contributed by atoms with Crippen LogP contribution in [0.3, 0.4) is 0 Å². The number of fused-ring (bicyclic) bond motifs is 1. The van der Waals surface area contributed by atoms with E-state index in [0.717, 1.165) is 43.3 Å². The second-order valence-corrected chi connectivity index (χ2v) is 7.20. The summed E-state index contributed by atoms with van der Waals surface area (Å²) >= 11 is 0. The maximum absolute atomic E-state index is 12.6. The fourth-order valence-electron chi connectivity index (χ4n) is 4.23. The predicted octanol–water partition coefficient (Wildman–Crippen LogP) is 2.24. The van der Waals surface area contributed by atoms with Crippen LogP contribution in [0.5, 0.6) is 0 Å². The molecular weight excluding hydrogens is 332 g/mol. The Balaban J connectivity index is 1.40. The molecule has 2 atom stereocenters. The lowest BCUT2D eigenvalue weighted by atomic mass is 10.0. The number of imidazole rings is 1. The van der Waals surface area contributed by atoms with Gasteiger partial charge in [-0.25, -0.2) is 9.59 Å². The molecule has 1 aromatic carbocycles. The Morgan fingerprint density at radius 3 is 2.81 bits per heavy atom. The topological polar surface area (TPSA) is 79.4 Å². The van der Waals surface area contributed by atoms with Crippen LogP contribution in [0, 0.1) is 0 Å². The van der Waals surface area contributed by atoms with Crippen LogP contribution in [0.25, 0.3) is 11.0 Å². The van der Waals surface area contributed by atoms with Gasteiger partial charge in [0, 0.05) is 25.7 Å². The quantitative estimate of drug-likeness (QED) is 0.883. The van der Waals surface area contributed by atoms with Crippen LogP contribution in [0.4, 0.5) is 4.79 Å². The van der Waals surface area contributed by atoms with E-state index in [1.165, 1.54) is 0 Å². The lowest BCUT2D eigenvalue weighted by molar-refractivity contribution is 0.0938. The van der Waals surface area contributed by atoms with Crippen molar-refractivity contribution in [2.45, 2.75) is 50.8 Å². The molecule has 0 saturated carbocycles. The van der Waals surface area contributed by atoms with Crippen LogP contribution < -0.4 is 11.0 Å². The number of carbonyl (C=O) groups is 1. The van der Waals surface area contributed by atoms with Gasteiger partial charge in [0.15, 0.2) is 0 Å². The number of likely N-dealkylation sites (tertiary alicyclic amines) is 1. The summed E-state index contributed by atoms with van der Waals surface area (Å²) in [5, 5.41) is 3.13. The van der Waals surface area contributed by atoms with E-state index >= 15 is 0 Å². The third-order valence-electron chi connectivity index (χ3n) is 5.66. The minimum absolute atomic E-state index is 0.0105. The van der Waals surface area contributed by atoms with E-state index in [1.807, 2.05) is 33.7 Å². The van der Waals surface area contributed by atoms with Gasteiger partial charge in [0.1, 0.15) is 0 Å². The van der Waals surface area contributed by atoms with Gasteiger partial charge in [0.25, 0.3) is 0 Å². The summed E-state index contributed by atoms with van der Waals surface area (Å²) in [7, 11) is 0. The molecule has 2 aliphatic rings. The van der Waals surface area contributed by atoms with E-state index in [9.17, 15) is 9.59 Å². The number of para-hydroxylation sites is 2. The number of aromatic nitrogens is 2. The number of amides is 2. The molecule has 2 amide bonds. The molecule has 3 heterocycles. The van der Waals surface area contributed by atoms with Crippen molar-refractivity contribution < 1.29 is 9.53 Å². The molecule has 4 rings (SSSR count). The molecule has 1 aromatic heterocycles. The van der Waals surface area contributed by atoms with E-state index in [4.69, 9.17) is 4.74 Å². The molecule has 2 N–H and O–H groups in total. The summed E-state index contributed by atoms with van der Waals surface area (Å²) in [4.78, 5) is 29.7. The minimum atomic E-state index is -0.0667.